The molecule has 1 aromatic heterocycles. The molecule has 1 aromatic rings. The first-order valence-corrected chi connectivity index (χ1v) is 6.37. The zero-order valence-electron chi connectivity index (χ0n) is 11.2. The minimum atomic E-state index is -1.18. The molecule has 0 saturated heterocycles. The summed E-state index contributed by atoms with van der Waals surface area (Å²) in [5.74, 6) is 0.589. The Labute approximate surface area is 122 Å². The van der Waals surface area contributed by atoms with E-state index in [0.717, 1.165) is 0 Å². The number of carbonyl (C=O) groups excluding carboxylic acids is 1. The lowest BCUT2D eigenvalue weighted by atomic mass is 10.1. The highest BCUT2D eigenvalue weighted by atomic mass is 35.5. The largest absolute Gasteiger partial charge is 0.480 e. The minimum absolute atomic E-state index is 0.0864. The van der Waals surface area contributed by atoms with Gasteiger partial charge in [0.05, 0.1) is 0 Å². The lowest BCUT2D eigenvalue weighted by molar-refractivity contribution is -0.139. The smallest absolute Gasteiger partial charge is 0.327 e. The van der Waals surface area contributed by atoms with Crippen molar-refractivity contribution in [3.05, 3.63) is 28.5 Å². The van der Waals surface area contributed by atoms with Crippen molar-refractivity contribution in [3.8, 4) is 12.3 Å². The Hall–Kier alpha value is -2.06. The number of halogens is 1. The molecule has 6 heteroatoms. The Balaban J connectivity index is 2.97. The molecule has 1 heterocycles. The van der Waals surface area contributed by atoms with E-state index in [0.29, 0.717) is 5.69 Å². The topological polar surface area (TPSA) is 79.3 Å². The Morgan fingerprint density at radius 1 is 1.50 bits per heavy atom. The van der Waals surface area contributed by atoms with Gasteiger partial charge < -0.3 is 10.4 Å². The van der Waals surface area contributed by atoms with Gasteiger partial charge in [-0.3, -0.25) is 4.79 Å². The molecule has 106 valence electrons. The molecule has 0 aliphatic rings. The Morgan fingerprint density at radius 2 is 2.15 bits per heavy atom. The van der Waals surface area contributed by atoms with E-state index >= 15 is 0 Å². The highest BCUT2D eigenvalue weighted by molar-refractivity contribution is 6.29. The van der Waals surface area contributed by atoms with Crippen LogP contribution < -0.4 is 5.32 Å². The number of nitrogens with one attached hydrogen (secondary N) is 1. The van der Waals surface area contributed by atoms with E-state index < -0.39 is 17.9 Å². The molecular formula is C14H15ClN2O3. The molecule has 0 aromatic carbocycles. The van der Waals surface area contributed by atoms with Crippen LogP contribution in [0.2, 0.25) is 5.15 Å². The average molecular weight is 295 g/mol. The molecule has 20 heavy (non-hydrogen) atoms. The zero-order chi connectivity index (χ0) is 15.3. The van der Waals surface area contributed by atoms with Crippen LogP contribution in [-0.2, 0) is 4.79 Å². The molecule has 0 radical (unpaired) electrons. The molecule has 0 bridgehead atoms. The second-order valence-electron chi connectivity index (χ2n) is 4.53. The van der Waals surface area contributed by atoms with Crippen LogP contribution in [0.15, 0.2) is 12.1 Å². The molecule has 1 unspecified atom stereocenters. The summed E-state index contributed by atoms with van der Waals surface area (Å²) in [6.45, 7) is 3.83. The lowest BCUT2D eigenvalue weighted by Crippen LogP contribution is -2.40. The van der Waals surface area contributed by atoms with Crippen LogP contribution in [0.5, 0.6) is 0 Å². The van der Waals surface area contributed by atoms with Gasteiger partial charge in [0.15, 0.2) is 0 Å². The summed E-state index contributed by atoms with van der Waals surface area (Å²) in [6.07, 6.45) is 4.99. The third-order valence-electron chi connectivity index (χ3n) is 2.59. The van der Waals surface area contributed by atoms with Gasteiger partial charge >= 0.3 is 5.97 Å². The highest BCUT2D eigenvalue weighted by Crippen LogP contribution is 2.17. The lowest BCUT2D eigenvalue weighted by Gasteiger charge is -2.13. The maximum atomic E-state index is 12.0. The highest BCUT2D eigenvalue weighted by Gasteiger charge is 2.20. The molecule has 1 atom stereocenters. The summed E-state index contributed by atoms with van der Waals surface area (Å²) in [5.41, 5.74) is 0.920. The van der Waals surface area contributed by atoms with Gasteiger partial charge in [-0.15, -0.1) is 12.3 Å². The summed E-state index contributed by atoms with van der Waals surface area (Å²) in [5, 5.41) is 11.5. The maximum absolute atomic E-state index is 12.0. The zero-order valence-corrected chi connectivity index (χ0v) is 11.9. The van der Waals surface area contributed by atoms with Crippen LogP contribution in [-0.4, -0.2) is 28.0 Å². The summed E-state index contributed by atoms with van der Waals surface area (Å²) in [6, 6.07) is 1.85. The van der Waals surface area contributed by atoms with Gasteiger partial charge in [-0.05, 0) is 18.1 Å². The normalized spacial score (nSPS) is 11.8. The first-order chi connectivity index (χ1) is 9.35. The number of aliphatic carboxylic acids is 1. The van der Waals surface area contributed by atoms with Crippen molar-refractivity contribution in [1.82, 2.24) is 10.3 Å². The van der Waals surface area contributed by atoms with Crippen molar-refractivity contribution in [1.29, 1.82) is 0 Å². The number of carboxylic acid groups (broad SMARTS) is 1. The fraction of sp³-hybridized carbons (Fsp3) is 0.357. The second kappa shape index (κ2) is 6.92. The number of hydrogen-bond donors (Lipinski definition) is 2. The third-order valence-corrected chi connectivity index (χ3v) is 2.79. The molecule has 0 saturated carbocycles. The van der Waals surface area contributed by atoms with Crippen LogP contribution in [0.3, 0.4) is 0 Å². The van der Waals surface area contributed by atoms with Gasteiger partial charge in [-0.2, -0.15) is 0 Å². The van der Waals surface area contributed by atoms with Gasteiger partial charge in [-0.1, -0.05) is 25.4 Å². The minimum Gasteiger partial charge on any atom is -0.480 e. The van der Waals surface area contributed by atoms with Gasteiger partial charge in [0.2, 0.25) is 0 Å². The SMILES string of the molecule is C#CCC(NC(=O)c1cc(Cl)nc(C(C)C)c1)C(=O)O. The van der Waals surface area contributed by atoms with Crippen LogP contribution in [0.1, 0.15) is 42.2 Å². The van der Waals surface area contributed by atoms with E-state index in [9.17, 15) is 9.59 Å². The Kier molecular flexibility index (Phi) is 5.53. The van der Waals surface area contributed by atoms with Crippen molar-refractivity contribution in [2.24, 2.45) is 0 Å². The van der Waals surface area contributed by atoms with E-state index in [1.807, 2.05) is 13.8 Å². The monoisotopic (exact) mass is 294 g/mol. The average Bonchev–Trinajstić information content (AvgIpc) is 2.37. The first-order valence-electron chi connectivity index (χ1n) is 5.99. The van der Waals surface area contributed by atoms with E-state index in [4.69, 9.17) is 23.1 Å². The molecule has 0 spiro atoms. The Morgan fingerprint density at radius 3 is 2.65 bits per heavy atom. The Bertz CT molecular complexity index is 564. The van der Waals surface area contributed by atoms with Crippen LogP contribution in [0, 0.1) is 12.3 Å². The number of terminal acetylenes is 1. The number of amides is 1. The van der Waals surface area contributed by atoms with Gasteiger partial charge in [0.25, 0.3) is 5.91 Å². The molecule has 1 amide bonds. The standard InChI is InChI=1S/C14H15ClN2O3/c1-4-5-10(14(19)20)17-13(18)9-6-11(8(2)3)16-12(15)7-9/h1,6-8,10H,5H2,2-3H3,(H,17,18)(H,19,20). The number of hydrogen-bond acceptors (Lipinski definition) is 3. The van der Waals surface area contributed by atoms with Crippen molar-refractivity contribution < 1.29 is 14.7 Å². The maximum Gasteiger partial charge on any atom is 0.327 e. The quantitative estimate of drug-likeness (QED) is 0.643. The summed E-state index contributed by atoms with van der Waals surface area (Å²) < 4.78 is 0. The summed E-state index contributed by atoms with van der Waals surface area (Å²) >= 11 is 5.86. The second-order valence-corrected chi connectivity index (χ2v) is 4.92. The predicted octanol–water partition coefficient (Wildman–Crippen LogP) is 2.06. The molecule has 5 nitrogen and oxygen atoms in total. The van der Waals surface area contributed by atoms with Crippen molar-refractivity contribution in [2.45, 2.75) is 32.2 Å². The number of carbonyl (C=O) groups is 2. The molecule has 0 aliphatic heterocycles. The number of rotatable bonds is 5. The molecule has 0 aliphatic carbocycles. The first kappa shape index (κ1) is 16.0. The van der Waals surface area contributed by atoms with Crippen molar-refractivity contribution in [3.63, 3.8) is 0 Å². The van der Waals surface area contributed by atoms with Gasteiger partial charge in [-0.25, -0.2) is 9.78 Å². The van der Waals surface area contributed by atoms with E-state index in [2.05, 4.69) is 16.2 Å². The van der Waals surface area contributed by atoms with Crippen molar-refractivity contribution in [2.75, 3.05) is 0 Å². The van der Waals surface area contributed by atoms with Crippen LogP contribution >= 0.6 is 11.6 Å². The molecule has 1 rings (SSSR count). The fourth-order valence-electron chi connectivity index (χ4n) is 1.50. The molecular weight excluding hydrogens is 280 g/mol. The number of nitrogens with zero attached hydrogens (tertiary/aromatic N) is 1. The predicted molar refractivity (Wildman–Crippen MR) is 75.7 cm³/mol. The molecule has 2 N–H and O–H groups in total. The van der Waals surface area contributed by atoms with Crippen molar-refractivity contribution >= 4 is 23.5 Å². The van der Waals surface area contributed by atoms with E-state index in [1.165, 1.54) is 6.07 Å². The third kappa shape index (κ3) is 4.25. The summed E-state index contributed by atoms with van der Waals surface area (Å²) in [4.78, 5) is 27.1. The summed E-state index contributed by atoms with van der Waals surface area (Å²) in [7, 11) is 0. The van der Waals surface area contributed by atoms with Crippen LogP contribution in [0.4, 0.5) is 0 Å². The number of pyridine rings is 1. The van der Waals surface area contributed by atoms with E-state index in [-0.39, 0.29) is 23.1 Å². The van der Waals surface area contributed by atoms with E-state index in [1.54, 1.807) is 6.07 Å². The number of carboxylic acids is 1. The molecule has 0 fully saturated rings. The van der Waals surface area contributed by atoms with Crippen LogP contribution in [0.25, 0.3) is 0 Å². The fourth-order valence-corrected chi connectivity index (χ4v) is 1.72. The van der Waals surface area contributed by atoms with Gasteiger partial charge in [0, 0.05) is 17.7 Å². The van der Waals surface area contributed by atoms with Gasteiger partial charge in [0.1, 0.15) is 11.2 Å². The number of aromatic nitrogens is 1.